The summed E-state index contributed by atoms with van der Waals surface area (Å²) in [5.74, 6) is 0.867. The molecule has 0 bridgehead atoms. The zero-order chi connectivity index (χ0) is 22.0. The van der Waals surface area contributed by atoms with Gasteiger partial charge in [0, 0.05) is 44.0 Å². The van der Waals surface area contributed by atoms with E-state index in [1.54, 1.807) is 0 Å². The van der Waals surface area contributed by atoms with E-state index in [0.29, 0.717) is 0 Å². The van der Waals surface area contributed by atoms with Gasteiger partial charge >= 0.3 is 0 Å². The van der Waals surface area contributed by atoms with Crippen molar-refractivity contribution in [3.8, 4) is 17.1 Å². The highest BCUT2D eigenvalue weighted by atomic mass is 15.3. The first-order valence-electron chi connectivity index (χ1n) is 11.4. The minimum Gasteiger partial charge on any atom is -0.369 e. The topological polar surface area (TPSA) is 53.0 Å². The van der Waals surface area contributed by atoms with Gasteiger partial charge in [-0.05, 0) is 42.0 Å². The number of imidazole rings is 1. The lowest BCUT2D eigenvalue weighted by Crippen LogP contribution is -2.45. The lowest BCUT2D eigenvalue weighted by molar-refractivity contribution is 0.250. The van der Waals surface area contributed by atoms with Gasteiger partial charge in [0.15, 0.2) is 5.65 Å². The first-order chi connectivity index (χ1) is 16.3. The van der Waals surface area contributed by atoms with Gasteiger partial charge in [-0.3, -0.25) is 4.90 Å². The van der Waals surface area contributed by atoms with E-state index in [1.807, 2.05) is 41.2 Å². The number of rotatable bonds is 5. The number of hydrogen-bond acceptors (Lipinski definition) is 4. The summed E-state index contributed by atoms with van der Waals surface area (Å²) in [6, 6.07) is 29.6. The van der Waals surface area contributed by atoms with Gasteiger partial charge < -0.3 is 9.88 Å². The van der Waals surface area contributed by atoms with Crippen molar-refractivity contribution in [2.24, 2.45) is 0 Å². The fourth-order valence-electron chi connectivity index (χ4n) is 4.54. The van der Waals surface area contributed by atoms with Crippen molar-refractivity contribution in [1.29, 1.82) is 0 Å². The fourth-order valence-corrected chi connectivity index (χ4v) is 4.54. The number of aromatic nitrogens is 4. The predicted octanol–water partition coefficient (Wildman–Crippen LogP) is 4.74. The van der Waals surface area contributed by atoms with E-state index in [2.05, 4.69) is 74.5 Å². The molecule has 0 spiro atoms. The van der Waals surface area contributed by atoms with Gasteiger partial charge in [0.25, 0.3) is 0 Å². The predicted molar refractivity (Wildman–Crippen MR) is 133 cm³/mol. The lowest BCUT2D eigenvalue weighted by atomic mass is 10.1. The van der Waals surface area contributed by atoms with Crippen LogP contribution in [0.15, 0.2) is 91.1 Å². The third-order valence-corrected chi connectivity index (χ3v) is 6.35. The molecule has 1 N–H and O–H groups in total. The van der Waals surface area contributed by atoms with Crippen LogP contribution in [0.5, 0.6) is 0 Å². The average Bonchev–Trinajstić information content (AvgIpc) is 3.47. The van der Waals surface area contributed by atoms with Crippen LogP contribution in [0.25, 0.3) is 28.2 Å². The van der Waals surface area contributed by atoms with Crippen LogP contribution in [0, 0.1) is 0 Å². The van der Waals surface area contributed by atoms with Crippen LogP contribution >= 0.6 is 0 Å². The number of nitrogens with zero attached hydrogens (tertiary/aromatic N) is 5. The molecule has 0 radical (unpaired) electrons. The monoisotopic (exact) mass is 434 g/mol. The van der Waals surface area contributed by atoms with E-state index in [9.17, 15) is 0 Å². The van der Waals surface area contributed by atoms with E-state index in [1.165, 1.54) is 11.3 Å². The minimum atomic E-state index is 0.867. The van der Waals surface area contributed by atoms with Crippen molar-refractivity contribution < 1.29 is 0 Å². The summed E-state index contributed by atoms with van der Waals surface area (Å²) in [4.78, 5) is 13.2. The van der Waals surface area contributed by atoms with Crippen molar-refractivity contribution in [1.82, 2.24) is 24.6 Å². The highest BCUT2D eigenvalue weighted by Gasteiger charge is 2.18. The maximum Gasteiger partial charge on any atom is 0.161 e. The SMILES string of the molecule is c1ccc(CN2CCN(c3ccc(-c4nc5cnn(-c6ccccc6)c5[nH]4)cc3)CC2)cc1. The van der Waals surface area contributed by atoms with Crippen molar-refractivity contribution in [3.05, 3.63) is 96.7 Å². The molecule has 3 heterocycles. The zero-order valence-corrected chi connectivity index (χ0v) is 18.4. The Labute approximate surface area is 193 Å². The Bertz CT molecular complexity index is 1330. The second kappa shape index (κ2) is 8.56. The number of hydrogen-bond donors (Lipinski definition) is 1. The number of para-hydroxylation sites is 1. The molecule has 6 heteroatoms. The molecule has 1 aliphatic rings. The fraction of sp³-hybridized carbons (Fsp3) is 0.185. The van der Waals surface area contributed by atoms with E-state index >= 15 is 0 Å². The van der Waals surface area contributed by atoms with E-state index < -0.39 is 0 Å². The largest absolute Gasteiger partial charge is 0.369 e. The van der Waals surface area contributed by atoms with E-state index in [4.69, 9.17) is 4.98 Å². The Kier molecular flexibility index (Phi) is 5.13. The molecule has 0 atom stereocenters. The number of fused-ring (bicyclic) bond motifs is 1. The average molecular weight is 435 g/mol. The second-order valence-corrected chi connectivity index (χ2v) is 8.51. The van der Waals surface area contributed by atoms with Gasteiger partial charge in [-0.15, -0.1) is 0 Å². The standard InChI is InChI=1S/C27H26N6/c1-3-7-21(8-4-1)20-31-15-17-32(18-16-31)23-13-11-22(12-14-23)26-29-25-19-28-33(27(25)30-26)24-9-5-2-6-10-24/h1-14,19H,15-18,20H2,(H,29,30). The zero-order valence-electron chi connectivity index (χ0n) is 18.4. The number of anilines is 1. The second-order valence-electron chi connectivity index (χ2n) is 8.51. The third-order valence-electron chi connectivity index (χ3n) is 6.35. The van der Waals surface area contributed by atoms with Gasteiger partial charge in [-0.2, -0.15) is 5.10 Å². The van der Waals surface area contributed by atoms with Crippen LogP contribution in [-0.2, 0) is 6.54 Å². The molecule has 0 saturated carbocycles. The van der Waals surface area contributed by atoms with Gasteiger partial charge in [0.1, 0.15) is 11.3 Å². The summed E-state index contributed by atoms with van der Waals surface area (Å²) in [5, 5.41) is 4.48. The highest BCUT2D eigenvalue weighted by Crippen LogP contribution is 2.25. The first-order valence-corrected chi connectivity index (χ1v) is 11.4. The molecule has 3 aromatic carbocycles. The Morgan fingerprint density at radius 3 is 2.15 bits per heavy atom. The van der Waals surface area contributed by atoms with Gasteiger partial charge in [-0.1, -0.05) is 48.5 Å². The maximum atomic E-state index is 4.76. The molecule has 0 amide bonds. The molecule has 1 saturated heterocycles. The molecular weight excluding hydrogens is 408 g/mol. The van der Waals surface area contributed by atoms with Gasteiger partial charge in [-0.25, -0.2) is 9.67 Å². The van der Waals surface area contributed by atoms with Crippen LogP contribution in [0.4, 0.5) is 5.69 Å². The third kappa shape index (κ3) is 4.01. The van der Waals surface area contributed by atoms with Crippen LogP contribution in [0.2, 0.25) is 0 Å². The first kappa shape index (κ1) is 19.8. The molecule has 0 unspecified atom stereocenters. The molecule has 5 aromatic rings. The molecule has 33 heavy (non-hydrogen) atoms. The summed E-state index contributed by atoms with van der Waals surface area (Å²) < 4.78 is 1.90. The molecule has 164 valence electrons. The summed E-state index contributed by atoms with van der Waals surface area (Å²) >= 11 is 0. The number of benzene rings is 3. The minimum absolute atomic E-state index is 0.867. The smallest absolute Gasteiger partial charge is 0.161 e. The highest BCUT2D eigenvalue weighted by molar-refractivity contribution is 5.77. The Hall–Kier alpha value is -3.90. The van der Waals surface area contributed by atoms with Crippen LogP contribution in [0.1, 0.15) is 5.56 Å². The summed E-state index contributed by atoms with van der Waals surface area (Å²) in [7, 11) is 0. The quantitative estimate of drug-likeness (QED) is 0.434. The maximum absolute atomic E-state index is 4.76. The molecule has 0 aliphatic carbocycles. The Morgan fingerprint density at radius 1 is 0.727 bits per heavy atom. The van der Waals surface area contributed by atoms with Gasteiger partial charge in [0.05, 0.1) is 11.9 Å². The molecular formula is C27H26N6. The molecule has 1 fully saturated rings. The number of H-pyrrole nitrogens is 1. The van der Waals surface area contributed by atoms with Crippen molar-refractivity contribution >= 4 is 16.9 Å². The number of nitrogens with one attached hydrogen (secondary N) is 1. The van der Waals surface area contributed by atoms with E-state index in [-0.39, 0.29) is 0 Å². The number of aromatic amines is 1. The van der Waals surface area contributed by atoms with Crippen LogP contribution in [-0.4, -0.2) is 50.8 Å². The van der Waals surface area contributed by atoms with Crippen molar-refractivity contribution in [2.45, 2.75) is 6.54 Å². The van der Waals surface area contributed by atoms with Crippen molar-refractivity contribution in [2.75, 3.05) is 31.1 Å². The van der Waals surface area contributed by atoms with Crippen molar-refractivity contribution in [3.63, 3.8) is 0 Å². The Balaban J connectivity index is 1.14. The molecule has 6 nitrogen and oxygen atoms in total. The van der Waals surface area contributed by atoms with E-state index in [0.717, 1.165) is 61.0 Å². The summed E-state index contributed by atoms with van der Waals surface area (Å²) in [6.45, 7) is 5.28. The molecule has 6 rings (SSSR count). The van der Waals surface area contributed by atoms with Gasteiger partial charge in [0.2, 0.25) is 0 Å². The van der Waals surface area contributed by atoms with Crippen LogP contribution in [0.3, 0.4) is 0 Å². The Morgan fingerprint density at radius 2 is 1.42 bits per heavy atom. The molecule has 2 aromatic heterocycles. The summed E-state index contributed by atoms with van der Waals surface area (Å²) in [6.07, 6.45) is 1.81. The van der Waals surface area contributed by atoms with Crippen LogP contribution < -0.4 is 4.90 Å². The molecule has 1 aliphatic heterocycles. The lowest BCUT2D eigenvalue weighted by Gasteiger charge is -2.36. The normalized spacial score (nSPS) is 14.7. The summed E-state index contributed by atoms with van der Waals surface area (Å²) in [5.41, 5.74) is 6.53. The number of piperazine rings is 1.